The van der Waals surface area contributed by atoms with Gasteiger partial charge < -0.3 is 9.84 Å². The highest BCUT2D eigenvalue weighted by Crippen LogP contribution is 2.24. The van der Waals surface area contributed by atoms with Gasteiger partial charge in [0.15, 0.2) is 0 Å². The summed E-state index contributed by atoms with van der Waals surface area (Å²) in [7, 11) is -2.38. The summed E-state index contributed by atoms with van der Waals surface area (Å²) in [6.07, 6.45) is 0.0202. The van der Waals surface area contributed by atoms with Crippen LogP contribution >= 0.6 is 11.3 Å². The summed E-state index contributed by atoms with van der Waals surface area (Å²) >= 11 is 0.894. The number of thiophene rings is 1. The number of hydrogen-bond acceptors (Lipinski definition) is 5. The van der Waals surface area contributed by atoms with E-state index in [0.717, 1.165) is 15.6 Å². The number of carboxylic acids is 1. The highest BCUT2D eigenvalue weighted by Gasteiger charge is 2.27. The maximum absolute atomic E-state index is 12.2. The molecule has 1 heterocycles. The highest BCUT2D eigenvalue weighted by molar-refractivity contribution is 7.89. The van der Waals surface area contributed by atoms with Crippen molar-refractivity contribution in [2.45, 2.75) is 24.8 Å². The third-order valence-electron chi connectivity index (χ3n) is 2.37. The van der Waals surface area contributed by atoms with E-state index in [1.54, 1.807) is 0 Å². The molecule has 0 unspecified atom stereocenters. The Balaban J connectivity index is 2.85. The van der Waals surface area contributed by atoms with Gasteiger partial charge in [-0.05, 0) is 25.3 Å². The summed E-state index contributed by atoms with van der Waals surface area (Å²) in [4.78, 5) is 10.6. The fraction of sp³-hybridized carbons (Fsp3) is 0.545. The molecule has 0 spiro atoms. The summed E-state index contributed by atoms with van der Waals surface area (Å²) in [5.41, 5.74) is 0. The van der Waals surface area contributed by atoms with Crippen LogP contribution in [-0.2, 0) is 14.8 Å². The van der Waals surface area contributed by atoms with Gasteiger partial charge in [0.05, 0.1) is 12.7 Å². The van der Waals surface area contributed by atoms with E-state index in [1.807, 2.05) is 13.8 Å². The number of carbonyl (C=O) groups is 1. The van der Waals surface area contributed by atoms with Gasteiger partial charge in [-0.15, -0.1) is 11.3 Å². The second kappa shape index (κ2) is 6.47. The van der Waals surface area contributed by atoms with E-state index in [0.29, 0.717) is 0 Å². The normalized spacial score (nSPS) is 12.3. The lowest BCUT2D eigenvalue weighted by atomic mass is 10.5. The first-order valence-electron chi connectivity index (χ1n) is 5.65. The Labute approximate surface area is 116 Å². The Morgan fingerprint density at radius 1 is 1.53 bits per heavy atom. The first kappa shape index (κ1) is 16.1. The largest absolute Gasteiger partial charge is 0.477 e. The van der Waals surface area contributed by atoms with Crippen LogP contribution in [0.5, 0.6) is 0 Å². The molecule has 0 radical (unpaired) electrons. The van der Waals surface area contributed by atoms with Crippen molar-refractivity contribution < 1.29 is 23.1 Å². The lowest BCUT2D eigenvalue weighted by Gasteiger charge is -2.17. The third-order valence-corrected chi connectivity index (χ3v) is 5.30. The monoisotopic (exact) mass is 307 g/mol. The van der Waals surface area contributed by atoms with Crippen LogP contribution in [0.2, 0.25) is 0 Å². The molecule has 1 rings (SSSR count). The van der Waals surface area contributed by atoms with Gasteiger partial charge >= 0.3 is 5.97 Å². The van der Waals surface area contributed by atoms with Gasteiger partial charge in [-0.1, -0.05) is 0 Å². The molecule has 6 nitrogen and oxygen atoms in total. The second-order valence-electron chi connectivity index (χ2n) is 4.17. The molecule has 1 aromatic rings. The minimum Gasteiger partial charge on any atom is -0.477 e. The van der Waals surface area contributed by atoms with Crippen LogP contribution in [0.25, 0.3) is 0 Å². The molecule has 0 saturated heterocycles. The van der Waals surface area contributed by atoms with Crippen LogP contribution < -0.4 is 0 Å². The average Bonchev–Trinajstić information content (AvgIpc) is 2.77. The van der Waals surface area contributed by atoms with Crippen molar-refractivity contribution in [3.05, 3.63) is 16.3 Å². The van der Waals surface area contributed by atoms with Crippen molar-refractivity contribution in [3.8, 4) is 0 Å². The standard InChI is InChI=1S/C11H17NO5S2/c1-8(2)17-6-5-12(3)19(15,16)9-4-7-18-10(9)11(13)14/h4,7-8H,5-6H2,1-3H3,(H,13,14). The fourth-order valence-corrected chi connectivity index (χ4v) is 3.75. The molecule has 0 saturated carbocycles. The zero-order valence-electron chi connectivity index (χ0n) is 11.0. The quantitative estimate of drug-likeness (QED) is 0.825. The van der Waals surface area contributed by atoms with Gasteiger partial charge in [0.1, 0.15) is 9.77 Å². The van der Waals surface area contributed by atoms with Crippen LogP contribution in [0.4, 0.5) is 0 Å². The van der Waals surface area contributed by atoms with Crippen molar-refractivity contribution in [2.75, 3.05) is 20.2 Å². The molecule has 0 aromatic carbocycles. The van der Waals surface area contributed by atoms with Crippen molar-refractivity contribution in [2.24, 2.45) is 0 Å². The van der Waals surface area contributed by atoms with Crippen LogP contribution in [0.15, 0.2) is 16.3 Å². The van der Waals surface area contributed by atoms with E-state index < -0.39 is 16.0 Å². The number of sulfonamides is 1. The zero-order valence-corrected chi connectivity index (χ0v) is 12.6. The highest BCUT2D eigenvalue weighted by atomic mass is 32.2. The van der Waals surface area contributed by atoms with Crippen LogP contribution in [0.3, 0.4) is 0 Å². The molecule has 0 bridgehead atoms. The minimum atomic E-state index is -3.79. The Hall–Kier alpha value is -0.960. The van der Waals surface area contributed by atoms with Gasteiger partial charge in [-0.2, -0.15) is 4.31 Å². The number of ether oxygens (including phenoxy) is 1. The molecular formula is C11H17NO5S2. The maximum atomic E-state index is 12.2. The minimum absolute atomic E-state index is 0.0202. The Morgan fingerprint density at radius 3 is 2.68 bits per heavy atom. The number of carboxylic acid groups (broad SMARTS) is 1. The van der Waals surface area contributed by atoms with Crippen LogP contribution in [-0.4, -0.2) is 50.1 Å². The molecule has 0 fully saturated rings. The number of likely N-dealkylation sites (N-methyl/N-ethyl adjacent to an activating group) is 1. The second-order valence-corrected chi connectivity index (χ2v) is 7.09. The summed E-state index contributed by atoms with van der Waals surface area (Å²) in [6.45, 7) is 4.15. The molecule has 0 atom stereocenters. The number of rotatable bonds is 7. The lowest BCUT2D eigenvalue weighted by Crippen LogP contribution is -2.31. The van der Waals surface area contributed by atoms with Gasteiger partial charge in [-0.25, -0.2) is 13.2 Å². The van der Waals surface area contributed by atoms with Gasteiger partial charge in [-0.3, -0.25) is 0 Å². The molecule has 0 aliphatic carbocycles. The number of hydrogen-bond donors (Lipinski definition) is 1. The SMILES string of the molecule is CC(C)OCCN(C)S(=O)(=O)c1ccsc1C(=O)O. The smallest absolute Gasteiger partial charge is 0.347 e. The number of nitrogens with zero attached hydrogens (tertiary/aromatic N) is 1. The molecule has 19 heavy (non-hydrogen) atoms. The van der Waals surface area contributed by atoms with Gasteiger partial charge in [0.25, 0.3) is 0 Å². The molecule has 1 aromatic heterocycles. The Bertz CT molecular complexity index is 535. The molecule has 108 valence electrons. The summed E-state index contributed by atoms with van der Waals surface area (Å²) < 4.78 is 30.8. The molecule has 0 amide bonds. The van der Waals surface area contributed by atoms with Crippen molar-refractivity contribution in [1.29, 1.82) is 0 Å². The Kier molecular flexibility index (Phi) is 5.48. The third kappa shape index (κ3) is 4.00. The molecule has 1 N–H and O–H groups in total. The van der Waals surface area contributed by atoms with E-state index in [4.69, 9.17) is 9.84 Å². The molecule has 0 aliphatic heterocycles. The summed E-state index contributed by atoms with van der Waals surface area (Å²) in [5.74, 6) is -1.24. The summed E-state index contributed by atoms with van der Waals surface area (Å²) in [5, 5.41) is 10.4. The lowest BCUT2D eigenvalue weighted by molar-refractivity contribution is 0.0698. The number of aromatic carboxylic acids is 1. The van der Waals surface area contributed by atoms with Crippen LogP contribution in [0, 0.1) is 0 Å². The Morgan fingerprint density at radius 2 is 2.16 bits per heavy atom. The van der Waals surface area contributed by atoms with E-state index >= 15 is 0 Å². The van der Waals surface area contributed by atoms with E-state index in [9.17, 15) is 13.2 Å². The van der Waals surface area contributed by atoms with E-state index in [2.05, 4.69) is 0 Å². The molecule has 0 aliphatic rings. The zero-order chi connectivity index (χ0) is 14.6. The van der Waals surface area contributed by atoms with Crippen LogP contribution in [0.1, 0.15) is 23.5 Å². The van der Waals surface area contributed by atoms with Gasteiger partial charge in [0.2, 0.25) is 10.0 Å². The van der Waals surface area contributed by atoms with Crippen molar-refractivity contribution in [1.82, 2.24) is 4.31 Å². The maximum Gasteiger partial charge on any atom is 0.347 e. The molecule has 8 heteroatoms. The average molecular weight is 307 g/mol. The topological polar surface area (TPSA) is 83.9 Å². The molecular weight excluding hydrogens is 290 g/mol. The first-order valence-corrected chi connectivity index (χ1v) is 7.97. The van der Waals surface area contributed by atoms with Crippen molar-refractivity contribution in [3.63, 3.8) is 0 Å². The predicted molar refractivity (Wildman–Crippen MR) is 72.2 cm³/mol. The fourth-order valence-electron chi connectivity index (χ4n) is 1.36. The van der Waals surface area contributed by atoms with Crippen molar-refractivity contribution >= 4 is 27.3 Å². The summed E-state index contributed by atoms with van der Waals surface area (Å²) in [6, 6.07) is 1.31. The first-order chi connectivity index (χ1) is 8.76. The van der Waals surface area contributed by atoms with E-state index in [1.165, 1.54) is 18.5 Å². The van der Waals surface area contributed by atoms with E-state index in [-0.39, 0.29) is 29.0 Å². The van der Waals surface area contributed by atoms with Gasteiger partial charge in [0, 0.05) is 13.6 Å². The predicted octanol–water partition coefficient (Wildman–Crippen LogP) is 1.49.